The summed E-state index contributed by atoms with van der Waals surface area (Å²) in [6, 6.07) is 8.34. The molecule has 28 heavy (non-hydrogen) atoms. The molecular weight excluding hydrogens is 362 g/mol. The Kier molecular flexibility index (Phi) is 8.44. The first kappa shape index (κ1) is 21.4. The van der Waals surface area contributed by atoms with Crippen LogP contribution in [0.3, 0.4) is 0 Å². The lowest BCUT2D eigenvalue weighted by atomic mass is 10.2. The summed E-state index contributed by atoms with van der Waals surface area (Å²) in [6.07, 6.45) is 1.57. The van der Waals surface area contributed by atoms with Crippen molar-refractivity contribution in [3.8, 4) is 5.75 Å². The summed E-state index contributed by atoms with van der Waals surface area (Å²) in [7, 11) is 1.62. The van der Waals surface area contributed by atoms with Crippen molar-refractivity contribution in [3.05, 3.63) is 36.5 Å². The zero-order chi connectivity index (χ0) is 20.4. The first-order chi connectivity index (χ1) is 13.6. The van der Waals surface area contributed by atoms with Gasteiger partial charge in [0.15, 0.2) is 0 Å². The van der Waals surface area contributed by atoms with Crippen LogP contribution in [-0.4, -0.2) is 60.6 Å². The Bertz CT molecular complexity index is 741. The molecule has 0 saturated heterocycles. The second-order valence-corrected chi connectivity index (χ2v) is 5.96. The summed E-state index contributed by atoms with van der Waals surface area (Å²) < 4.78 is 10.6. The number of ether oxygens (including phenoxy) is 2. The van der Waals surface area contributed by atoms with E-state index in [0.29, 0.717) is 36.4 Å². The minimum Gasteiger partial charge on any atom is -0.494 e. The molecule has 1 unspecified atom stereocenters. The van der Waals surface area contributed by atoms with Gasteiger partial charge in [-0.05, 0) is 38.1 Å². The zero-order valence-electron chi connectivity index (χ0n) is 16.4. The van der Waals surface area contributed by atoms with Crippen LogP contribution in [0.15, 0.2) is 36.5 Å². The number of hydrogen-bond acceptors (Lipinski definition) is 7. The van der Waals surface area contributed by atoms with E-state index in [2.05, 4.69) is 20.6 Å². The number of carbonyl (C=O) groups excluding carboxylic acids is 1. The maximum Gasteiger partial charge on any atom is 0.327 e. The number of amides is 2. The third kappa shape index (κ3) is 6.07. The summed E-state index contributed by atoms with van der Waals surface area (Å²) in [5.74, 6) is 1.48. The number of aromatic nitrogens is 2. The van der Waals surface area contributed by atoms with Gasteiger partial charge < -0.3 is 25.2 Å². The summed E-state index contributed by atoms with van der Waals surface area (Å²) in [5.41, 5.74) is 0.605. The van der Waals surface area contributed by atoms with Crippen molar-refractivity contribution in [2.75, 3.05) is 43.7 Å². The number of carbonyl (C=O) groups is 1. The molecule has 2 rings (SSSR count). The third-order valence-electron chi connectivity index (χ3n) is 3.66. The molecule has 3 N–H and O–H groups in total. The minimum atomic E-state index is -0.409. The highest BCUT2D eigenvalue weighted by atomic mass is 16.5. The molecule has 1 atom stereocenters. The van der Waals surface area contributed by atoms with E-state index in [-0.39, 0.29) is 19.2 Å². The third-order valence-corrected chi connectivity index (χ3v) is 3.66. The summed E-state index contributed by atoms with van der Waals surface area (Å²) in [5, 5.41) is 14.8. The van der Waals surface area contributed by atoms with Crippen LogP contribution in [0.1, 0.15) is 13.8 Å². The Labute approximate surface area is 164 Å². The SMILES string of the molecule is CCOc1ccc(N(C(=O)NCCO)c2ccnc(NC(C)COC)n2)cc1. The highest BCUT2D eigenvalue weighted by Crippen LogP contribution is 2.26. The number of aliphatic hydroxyl groups is 1. The fourth-order valence-corrected chi connectivity index (χ4v) is 2.51. The molecular formula is C19H27N5O4. The molecule has 9 nitrogen and oxygen atoms in total. The Morgan fingerprint density at radius 1 is 1.29 bits per heavy atom. The first-order valence-electron chi connectivity index (χ1n) is 9.09. The van der Waals surface area contributed by atoms with Crippen molar-refractivity contribution in [1.29, 1.82) is 0 Å². The Morgan fingerprint density at radius 3 is 2.68 bits per heavy atom. The van der Waals surface area contributed by atoms with E-state index in [1.165, 1.54) is 4.90 Å². The van der Waals surface area contributed by atoms with Crippen LogP contribution in [0.25, 0.3) is 0 Å². The summed E-state index contributed by atoms with van der Waals surface area (Å²) >= 11 is 0. The van der Waals surface area contributed by atoms with Crippen molar-refractivity contribution >= 4 is 23.5 Å². The highest BCUT2D eigenvalue weighted by Gasteiger charge is 2.20. The molecule has 2 amide bonds. The van der Waals surface area contributed by atoms with Gasteiger partial charge >= 0.3 is 6.03 Å². The van der Waals surface area contributed by atoms with E-state index in [1.54, 1.807) is 43.6 Å². The average molecular weight is 389 g/mol. The van der Waals surface area contributed by atoms with Crippen molar-refractivity contribution in [3.63, 3.8) is 0 Å². The predicted molar refractivity (Wildman–Crippen MR) is 107 cm³/mol. The minimum absolute atomic E-state index is 0.00221. The monoisotopic (exact) mass is 389 g/mol. The summed E-state index contributed by atoms with van der Waals surface area (Å²) in [4.78, 5) is 22.8. The van der Waals surface area contributed by atoms with E-state index >= 15 is 0 Å². The van der Waals surface area contributed by atoms with Crippen LogP contribution in [0.2, 0.25) is 0 Å². The maximum atomic E-state index is 12.7. The maximum absolute atomic E-state index is 12.7. The number of methoxy groups -OCH3 is 1. The van der Waals surface area contributed by atoms with Gasteiger partial charge in [-0.15, -0.1) is 0 Å². The van der Waals surface area contributed by atoms with Gasteiger partial charge in [-0.2, -0.15) is 4.98 Å². The lowest BCUT2D eigenvalue weighted by Crippen LogP contribution is -2.38. The molecule has 152 valence electrons. The molecule has 0 fully saturated rings. The molecule has 9 heteroatoms. The van der Waals surface area contributed by atoms with Crippen LogP contribution < -0.4 is 20.3 Å². The Balaban J connectivity index is 2.32. The lowest BCUT2D eigenvalue weighted by molar-refractivity contribution is 0.190. The Hall–Kier alpha value is -2.91. The van der Waals surface area contributed by atoms with E-state index in [4.69, 9.17) is 14.6 Å². The quantitative estimate of drug-likeness (QED) is 0.571. The van der Waals surface area contributed by atoms with Crippen LogP contribution in [-0.2, 0) is 4.74 Å². The van der Waals surface area contributed by atoms with Gasteiger partial charge in [-0.1, -0.05) is 0 Å². The molecule has 1 heterocycles. The number of anilines is 3. The second kappa shape index (κ2) is 11.1. The van der Waals surface area contributed by atoms with Gasteiger partial charge in [0.25, 0.3) is 0 Å². The molecule has 1 aromatic carbocycles. The molecule has 0 saturated carbocycles. The second-order valence-electron chi connectivity index (χ2n) is 5.96. The molecule has 0 spiro atoms. The fourth-order valence-electron chi connectivity index (χ4n) is 2.51. The molecule has 0 radical (unpaired) electrons. The van der Waals surface area contributed by atoms with Gasteiger partial charge in [0.2, 0.25) is 5.95 Å². The summed E-state index contributed by atoms with van der Waals surface area (Å²) in [6.45, 7) is 4.87. The van der Waals surface area contributed by atoms with E-state index < -0.39 is 6.03 Å². The molecule has 0 aliphatic heterocycles. The van der Waals surface area contributed by atoms with Crippen molar-refractivity contribution in [1.82, 2.24) is 15.3 Å². The van der Waals surface area contributed by atoms with Crippen LogP contribution in [0.4, 0.5) is 22.2 Å². The van der Waals surface area contributed by atoms with Gasteiger partial charge in [0.1, 0.15) is 11.6 Å². The van der Waals surface area contributed by atoms with E-state index in [9.17, 15) is 4.79 Å². The normalized spacial score (nSPS) is 11.6. The fraction of sp³-hybridized carbons (Fsp3) is 0.421. The number of nitrogens with zero attached hydrogens (tertiary/aromatic N) is 3. The van der Waals surface area contributed by atoms with Crippen molar-refractivity contribution in [2.45, 2.75) is 19.9 Å². The van der Waals surface area contributed by atoms with Crippen molar-refractivity contribution < 1.29 is 19.4 Å². The smallest absolute Gasteiger partial charge is 0.327 e. The number of hydrogen-bond donors (Lipinski definition) is 3. The number of aliphatic hydroxyl groups excluding tert-OH is 1. The number of rotatable bonds is 10. The van der Waals surface area contributed by atoms with Crippen LogP contribution >= 0.6 is 0 Å². The van der Waals surface area contributed by atoms with Gasteiger partial charge in [-0.25, -0.2) is 14.7 Å². The topological polar surface area (TPSA) is 109 Å². The lowest BCUT2D eigenvalue weighted by Gasteiger charge is -2.23. The number of benzene rings is 1. The van der Waals surface area contributed by atoms with Gasteiger partial charge in [-0.3, -0.25) is 0 Å². The molecule has 1 aromatic heterocycles. The largest absolute Gasteiger partial charge is 0.494 e. The zero-order valence-corrected chi connectivity index (χ0v) is 16.4. The van der Waals surface area contributed by atoms with Gasteiger partial charge in [0.05, 0.1) is 25.5 Å². The standard InChI is InChI=1S/C19H27N5O4/c1-4-28-16-7-5-15(6-8-16)24(19(26)21-11-12-25)17-9-10-20-18(23-17)22-14(2)13-27-3/h5-10,14,25H,4,11-13H2,1-3H3,(H,21,26)(H,20,22,23). The van der Waals surface area contributed by atoms with E-state index in [0.717, 1.165) is 0 Å². The molecule has 0 aliphatic carbocycles. The Morgan fingerprint density at radius 2 is 2.04 bits per heavy atom. The van der Waals surface area contributed by atoms with Crippen LogP contribution in [0, 0.1) is 0 Å². The van der Waals surface area contributed by atoms with E-state index in [1.807, 2.05) is 13.8 Å². The van der Waals surface area contributed by atoms with Crippen LogP contribution in [0.5, 0.6) is 5.75 Å². The van der Waals surface area contributed by atoms with Crippen molar-refractivity contribution in [2.24, 2.45) is 0 Å². The molecule has 0 bridgehead atoms. The first-order valence-corrected chi connectivity index (χ1v) is 9.09. The predicted octanol–water partition coefficient (Wildman–Crippen LogP) is 2.16. The average Bonchev–Trinajstić information content (AvgIpc) is 2.68. The number of nitrogens with one attached hydrogen (secondary N) is 2. The molecule has 2 aromatic rings. The highest BCUT2D eigenvalue weighted by molar-refractivity contribution is 5.98. The molecule has 0 aliphatic rings. The van der Waals surface area contributed by atoms with Gasteiger partial charge in [0, 0.05) is 32.0 Å². The number of urea groups is 1.